The highest BCUT2D eigenvalue weighted by atomic mass is 16.5. The normalized spacial score (nSPS) is 10.1. The molecule has 0 aliphatic heterocycles. The van der Waals surface area contributed by atoms with Crippen LogP contribution in [0.1, 0.15) is 38.3 Å². The number of rotatable bonds is 8. The van der Waals surface area contributed by atoms with E-state index in [-0.39, 0.29) is 13.2 Å². The molecule has 4 rings (SSSR count). The zero-order valence-corrected chi connectivity index (χ0v) is 21.0. The van der Waals surface area contributed by atoms with Crippen LogP contribution in [-0.2, 0) is 15.9 Å². The van der Waals surface area contributed by atoms with Crippen molar-refractivity contribution >= 4 is 34.7 Å². The van der Waals surface area contributed by atoms with E-state index in [1.807, 2.05) is 48.5 Å². The molecule has 0 aliphatic rings. The Hall–Kier alpha value is -4.98. The lowest BCUT2D eigenvalue weighted by Crippen LogP contribution is -2.11. The van der Waals surface area contributed by atoms with Gasteiger partial charge in [-0.15, -0.1) is 0 Å². The molecule has 0 aliphatic carbocycles. The van der Waals surface area contributed by atoms with E-state index in [9.17, 15) is 9.59 Å². The Morgan fingerprint density at radius 3 is 1.08 bits per heavy atom. The summed E-state index contributed by atoms with van der Waals surface area (Å²) in [6.45, 7) is 0.330. The maximum atomic E-state index is 11.7. The Morgan fingerprint density at radius 1 is 0.474 bits per heavy atom. The summed E-state index contributed by atoms with van der Waals surface area (Å²) in [5.74, 6) is -0.871. The van der Waals surface area contributed by atoms with Crippen molar-refractivity contribution in [1.82, 2.24) is 0 Å². The summed E-state index contributed by atoms with van der Waals surface area (Å²) in [7, 11) is 0. The van der Waals surface area contributed by atoms with E-state index in [2.05, 4.69) is 0 Å². The standard InChI is InChI=1S/C17H18N2O4.C13H14N2/c18-14-6-2-12(3-7-14)16(20)22-10-1-11-23-17(21)13-4-8-15(19)9-5-13;14-12-5-1-10(2-6-12)9-11-3-7-13(15)8-4-11/h2-9H,1,10-11,18-19H2;1-8H,9,14-15H2. The average molecular weight is 513 g/mol. The average Bonchev–Trinajstić information content (AvgIpc) is 2.92. The molecule has 0 saturated carbocycles. The summed E-state index contributed by atoms with van der Waals surface area (Å²) in [5.41, 5.74) is 28.5. The largest absolute Gasteiger partial charge is 0.462 e. The van der Waals surface area contributed by atoms with Crippen LogP contribution in [0.3, 0.4) is 0 Å². The molecule has 0 bridgehead atoms. The molecule has 0 spiro atoms. The van der Waals surface area contributed by atoms with Crippen LogP contribution >= 0.6 is 0 Å². The number of nitrogen functional groups attached to an aromatic ring is 4. The smallest absolute Gasteiger partial charge is 0.338 e. The van der Waals surface area contributed by atoms with Crippen LogP contribution in [-0.4, -0.2) is 25.2 Å². The molecule has 0 heterocycles. The monoisotopic (exact) mass is 512 g/mol. The SMILES string of the molecule is Nc1ccc(C(=O)OCCCOC(=O)c2ccc(N)cc2)cc1.Nc1ccc(Cc2ccc(N)cc2)cc1. The van der Waals surface area contributed by atoms with Crippen LogP contribution in [0.5, 0.6) is 0 Å². The van der Waals surface area contributed by atoms with Gasteiger partial charge in [-0.25, -0.2) is 9.59 Å². The molecule has 0 amide bonds. The minimum atomic E-state index is -0.435. The van der Waals surface area contributed by atoms with E-state index in [1.165, 1.54) is 11.1 Å². The number of carbonyl (C=O) groups excluding carboxylic acids is 2. The highest BCUT2D eigenvalue weighted by Crippen LogP contribution is 2.13. The molecule has 8 nitrogen and oxygen atoms in total. The fourth-order valence-electron chi connectivity index (χ4n) is 3.30. The van der Waals surface area contributed by atoms with Gasteiger partial charge in [-0.3, -0.25) is 0 Å². The summed E-state index contributed by atoms with van der Waals surface area (Å²) >= 11 is 0. The Kier molecular flexibility index (Phi) is 10.1. The number of hydrogen-bond acceptors (Lipinski definition) is 8. The van der Waals surface area contributed by atoms with Crippen LogP contribution in [0.15, 0.2) is 97.1 Å². The minimum absolute atomic E-state index is 0.165. The molecule has 0 aromatic heterocycles. The van der Waals surface area contributed by atoms with Crippen molar-refractivity contribution < 1.29 is 19.1 Å². The maximum absolute atomic E-state index is 11.7. The highest BCUT2D eigenvalue weighted by molar-refractivity contribution is 5.90. The van der Waals surface area contributed by atoms with E-state index in [0.717, 1.165) is 17.8 Å². The third kappa shape index (κ3) is 9.23. The Bertz CT molecular complexity index is 1200. The number of carbonyl (C=O) groups is 2. The van der Waals surface area contributed by atoms with E-state index < -0.39 is 11.9 Å². The van der Waals surface area contributed by atoms with Crippen LogP contribution in [0.2, 0.25) is 0 Å². The fraction of sp³-hybridized carbons (Fsp3) is 0.133. The summed E-state index contributed by atoms with van der Waals surface area (Å²) in [6.07, 6.45) is 1.34. The van der Waals surface area contributed by atoms with Crippen molar-refractivity contribution in [2.45, 2.75) is 12.8 Å². The number of esters is 2. The summed E-state index contributed by atoms with van der Waals surface area (Å²) in [4.78, 5) is 23.4. The first-order chi connectivity index (χ1) is 18.3. The topological polar surface area (TPSA) is 157 Å². The van der Waals surface area contributed by atoms with Crippen molar-refractivity contribution in [2.24, 2.45) is 0 Å². The molecule has 0 unspecified atom stereocenters. The zero-order chi connectivity index (χ0) is 27.3. The lowest BCUT2D eigenvalue weighted by atomic mass is 10.0. The van der Waals surface area contributed by atoms with Gasteiger partial charge in [-0.05, 0) is 90.3 Å². The number of anilines is 4. The molecule has 0 radical (unpaired) electrons. The molecule has 4 aromatic rings. The van der Waals surface area contributed by atoms with Gasteiger partial charge in [0.25, 0.3) is 0 Å². The number of hydrogen-bond donors (Lipinski definition) is 4. The van der Waals surface area contributed by atoms with Gasteiger partial charge in [0.05, 0.1) is 24.3 Å². The second kappa shape index (κ2) is 13.9. The van der Waals surface area contributed by atoms with Crippen molar-refractivity contribution in [3.63, 3.8) is 0 Å². The van der Waals surface area contributed by atoms with Gasteiger partial charge < -0.3 is 32.4 Å². The maximum Gasteiger partial charge on any atom is 0.338 e. The first kappa shape index (κ1) is 27.6. The van der Waals surface area contributed by atoms with E-state index in [4.69, 9.17) is 32.4 Å². The van der Waals surface area contributed by atoms with Gasteiger partial charge in [0.15, 0.2) is 0 Å². The molecule has 4 aromatic carbocycles. The van der Waals surface area contributed by atoms with Crippen molar-refractivity contribution in [1.29, 1.82) is 0 Å². The quantitative estimate of drug-likeness (QED) is 0.150. The number of benzene rings is 4. The van der Waals surface area contributed by atoms with Gasteiger partial charge in [0.1, 0.15) is 0 Å². The van der Waals surface area contributed by atoms with Crippen LogP contribution in [0.25, 0.3) is 0 Å². The Labute approximate surface area is 222 Å². The second-order valence-electron chi connectivity index (χ2n) is 8.53. The molecule has 196 valence electrons. The van der Waals surface area contributed by atoms with Crippen LogP contribution in [0, 0.1) is 0 Å². The molecule has 0 atom stereocenters. The van der Waals surface area contributed by atoms with Gasteiger partial charge in [0, 0.05) is 29.2 Å². The molecule has 0 fully saturated rings. The second-order valence-corrected chi connectivity index (χ2v) is 8.53. The number of nitrogens with two attached hydrogens (primary N) is 4. The van der Waals surface area contributed by atoms with E-state index in [1.54, 1.807) is 48.5 Å². The molecule has 8 N–H and O–H groups in total. The third-order valence-corrected chi connectivity index (χ3v) is 5.42. The predicted octanol–water partition coefficient (Wildman–Crippen LogP) is 4.70. The molecule has 0 saturated heterocycles. The van der Waals surface area contributed by atoms with E-state index >= 15 is 0 Å². The van der Waals surface area contributed by atoms with Crippen molar-refractivity contribution in [3.05, 3.63) is 119 Å². The first-order valence-electron chi connectivity index (χ1n) is 12.0. The number of ether oxygens (including phenoxy) is 2. The minimum Gasteiger partial charge on any atom is -0.462 e. The highest BCUT2D eigenvalue weighted by Gasteiger charge is 2.08. The summed E-state index contributed by atoms with van der Waals surface area (Å²) in [5, 5.41) is 0. The summed E-state index contributed by atoms with van der Waals surface area (Å²) < 4.78 is 10.2. The predicted molar refractivity (Wildman–Crippen MR) is 151 cm³/mol. The lowest BCUT2D eigenvalue weighted by molar-refractivity contribution is 0.0396. The molecule has 8 heteroatoms. The Morgan fingerprint density at radius 2 is 0.763 bits per heavy atom. The Balaban J connectivity index is 0.000000230. The zero-order valence-electron chi connectivity index (χ0n) is 21.0. The van der Waals surface area contributed by atoms with Gasteiger partial charge in [0.2, 0.25) is 0 Å². The fourth-order valence-corrected chi connectivity index (χ4v) is 3.30. The van der Waals surface area contributed by atoms with Gasteiger partial charge in [-0.2, -0.15) is 0 Å². The molecular formula is C30H32N4O4. The summed E-state index contributed by atoms with van der Waals surface area (Å²) in [6, 6.07) is 28.8. The lowest BCUT2D eigenvalue weighted by Gasteiger charge is -2.07. The van der Waals surface area contributed by atoms with Crippen LogP contribution in [0.4, 0.5) is 22.7 Å². The van der Waals surface area contributed by atoms with Gasteiger partial charge in [-0.1, -0.05) is 24.3 Å². The third-order valence-electron chi connectivity index (χ3n) is 5.42. The van der Waals surface area contributed by atoms with Gasteiger partial charge >= 0.3 is 11.9 Å². The van der Waals surface area contributed by atoms with Crippen molar-refractivity contribution in [3.8, 4) is 0 Å². The molecule has 38 heavy (non-hydrogen) atoms. The first-order valence-corrected chi connectivity index (χ1v) is 12.0. The van der Waals surface area contributed by atoms with E-state index in [0.29, 0.717) is 28.9 Å². The van der Waals surface area contributed by atoms with Crippen LogP contribution < -0.4 is 22.9 Å². The van der Waals surface area contributed by atoms with Crippen molar-refractivity contribution in [2.75, 3.05) is 36.1 Å². The molecular weight excluding hydrogens is 480 g/mol.